The van der Waals surface area contributed by atoms with Gasteiger partial charge in [0.15, 0.2) is 0 Å². The average Bonchev–Trinajstić information content (AvgIpc) is 2.29. The van der Waals surface area contributed by atoms with Gasteiger partial charge in [-0.3, -0.25) is 4.79 Å². The van der Waals surface area contributed by atoms with Crippen molar-refractivity contribution in [2.45, 2.75) is 19.6 Å². The number of aromatic hydroxyl groups is 1. The lowest BCUT2D eigenvalue weighted by molar-refractivity contribution is 0.228. The number of amides is 1. The molecule has 0 aliphatic carbocycles. The molecule has 0 aliphatic rings. The van der Waals surface area contributed by atoms with Crippen LogP contribution in [0.2, 0.25) is 5.02 Å². The standard InChI is InChI=1S/C12H16ClNO2S/c1-3-14(4-2)12(16)17-8-9-5-6-10(13)7-11(9)15/h5-7,15H,3-4,8H2,1-2H3. The van der Waals surface area contributed by atoms with Gasteiger partial charge in [-0.2, -0.15) is 0 Å². The largest absolute Gasteiger partial charge is 0.508 e. The fourth-order valence-corrected chi connectivity index (χ4v) is 2.50. The summed E-state index contributed by atoms with van der Waals surface area (Å²) in [6.45, 7) is 5.30. The Balaban J connectivity index is 2.58. The number of phenols is 1. The Bertz CT molecular complexity index is 394. The molecule has 1 N–H and O–H groups in total. The van der Waals surface area contributed by atoms with Gasteiger partial charge in [0.05, 0.1) is 0 Å². The van der Waals surface area contributed by atoms with E-state index in [-0.39, 0.29) is 11.0 Å². The molecule has 3 nitrogen and oxygen atoms in total. The summed E-state index contributed by atoms with van der Waals surface area (Å²) in [5.74, 6) is 0.593. The monoisotopic (exact) mass is 273 g/mol. The van der Waals surface area contributed by atoms with E-state index in [2.05, 4.69) is 0 Å². The van der Waals surface area contributed by atoms with Gasteiger partial charge in [-0.15, -0.1) is 0 Å². The molecule has 0 aliphatic heterocycles. The fraction of sp³-hybridized carbons (Fsp3) is 0.417. The molecular weight excluding hydrogens is 258 g/mol. The van der Waals surface area contributed by atoms with E-state index >= 15 is 0 Å². The van der Waals surface area contributed by atoms with Crippen molar-refractivity contribution in [3.05, 3.63) is 28.8 Å². The molecule has 0 fully saturated rings. The number of halogens is 1. The van der Waals surface area contributed by atoms with Crippen LogP contribution in [0.4, 0.5) is 4.79 Å². The van der Waals surface area contributed by atoms with Gasteiger partial charge in [0.1, 0.15) is 5.75 Å². The predicted molar refractivity (Wildman–Crippen MR) is 72.7 cm³/mol. The lowest BCUT2D eigenvalue weighted by Gasteiger charge is -2.17. The quantitative estimate of drug-likeness (QED) is 0.908. The van der Waals surface area contributed by atoms with Crippen molar-refractivity contribution in [2.75, 3.05) is 13.1 Å². The molecule has 0 radical (unpaired) electrons. The molecule has 1 rings (SSSR count). The van der Waals surface area contributed by atoms with Crippen LogP contribution in [0.3, 0.4) is 0 Å². The van der Waals surface area contributed by atoms with Crippen LogP contribution in [0, 0.1) is 0 Å². The number of thioether (sulfide) groups is 1. The van der Waals surface area contributed by atoms with Crippen LogP contribution in [0.1, 0.15) is 19.4 Å². The number of hydrogen-bond donors (Lipinski definition) is 1. The third kappa shape index (κ3) is 4.13. The first kappa shape index (κ1) is 14.2. The molecule has 94 valence electrons. The summed E-state index contributed by atoms with van der Waals surface area (Å²) in [6.07, 6.45) is 0. The third-order valence-corrected chi connectivity index (χ3v) is 3.62. The molecule has 1 aromatic carbocycles. The zero-order chi connectivity index (χ0) is 12.8. The number of phenolic OH excluding ortho intramolecular Hbond substituents is 1. The van der Waals surface area contributed by atoms with Crippen molar-refractivity contribution in [3.8, 4) is 5.75 Å². The van der Waals surface area contributed by atoms with E-state index in [9.17, 15) is 9.90 Å². The normalized spacial score (nSPS) is 10.3. The topological polar surface area (TPSA) is 40.5 Å². The van der Waals surface area contributed by atoms with Crippen LogP contribution in [0.5, 0.6) is 5.75 Å². The van der Waals surface area contributed by atoms with Crippen LogP contribution in [0.15, 0.2) is 18.2 Å². The van der Waals surface area contributed by atoms with Gasteiger partial charge in [0, 0.05) is 29.4 Å². The summed E-state index contributed by atoms with van der Waals surface area (Å²) in [7, 11) is 0. The number of rotatable bonds is 4. The number of benzene rings is 1. The summed E-state index contributed by atoms with van der Waals surface area (Å²) >= 11 is 6.92. The van der Waals surface area contributed by atoms with Gasteiger partial charge in [-0.05, 0) is 26.0 Å². The molecule has 0 spiro atoms. The minimum Gasteiger partial charge on any atom is -0.508 e. The molecule has 0 atom stereocenters. The molecule has 0 heterocycles. The van der Waals surface area contributed by atoms with Gasteiger partial charge in [-0.25, -0.2) is 0 Å². The molecule has 0 bridgehead atoms. The van der Waals surface area contributed by atoms with Crippen molar-refractivity contribution < 1.29 is 9.90 Å². The van der Waals surface area contributed by atoms with Gasteiger partial charge in [-0.1, -0.05) is 29.4 Å². The summed E-state index contributed by atoms with van der Waals surface area (Å²) in [4.78, 5) is 13.5. The summed E-state index contributed by atoms with van der Waals surface area (Å²) in [6, 6.07) is 4.93. The second-order valence-electron chi connectivity index (χ2n) is 3.50. The van der Waals surface area contributed by atoms with E-state index in [1.165, 1.54) is 17.8 Å². The highest BCUT2D eigenvalue weighted by atomic mass is 35.5. The predicted octanol–water partition coefficient (Wildman–Crippen LogP) is 3.74. The number of hydrogen-bond acceptors (Lipinski definition) is 3. The Labute approximate surface area is 111 Å². The second-order valence-corrected chi connectivity index (χ2v) is 4.86. The first-order chi connectivity index (χ1) is 8.08. The summed E-state index contributed by atoms with van der Waals surface area (Å²) in [5.41, 5.74) is 0.722. The highest BCUT2D eigenvalue weighted by molar-refractivity contribution is 8.12. The summed E-state index contributed by atoms with van der Waals surface area (Å²) < 4.78 is 0. The van der Waals surface area contributed by atoms with E-state index in [4.69, 9.17) is 11.6 Å². The van der Waals surface area contributed by atoms with E-state index in [1.807, 2.05) is 13.8 Å². The molecular formula is C12H16ClNO2S. The lowest BCUT2D eigenvalue weighted by Crippen LogP contribution is -2.26. The molecule has 0 saturated heterocycles. The smallest absolute Gasteiger partial charge is 0.281 e. The Morgan fingerprint density at radius 3 is 2.59 bits per heavy atom. The van der Waals surface area contributed by atoms with Crippen molar-refractivity contribution >= 4 is 28.6 Å². The summed E-state index contributed by atoms with van der Waals surface area (Å²) in [5, 5.41) is 10.2. The van der Waals surface area contributed by atoms with Gasteiger partial charge < -0.3 is 10.0 Å². The molecule has 17 heavy (non-hydrogen) atoms. The lowest BCUT2D eigenvalue weighted by atomic mass is 10.2. The minimum absolute atomic E-state index is 0.0318. The maximum Gasteiger partial charge on any atom is 0.281 e. The van der Waals surface area contributed by atoms with E-state index in [0.717, 1.165) is 5.56 Å². The van der Waals surface area contributed by atoms with Crippen LogP contribution < -0.4 is 0 Å². The third-order valence-electron chi connectivity index (χ3n) is 2.42. The minimum atomic E-state index is 0.0318. The number of nitrogens with zero attached hydrogens (tertiary/aromatic N) is 1. The number of carbonyl (C=O) groups is 1. The van der Waals surface area contributed by atoms with Crippen molar-refractivity contribution in [1.29, 1.82) is 0 Å². The zero-order valence-electron chi connectivity index (χ0n) is 9.94. The van der Waals surface area contributed by atoms with Crippen LogP contribution in [0.25, 0.3) is 0 Å². The van der Waals surface area contributed by atoms with Gasteiger partial charge >= 0.3 is 0 Å². The van der Waals surface area contributed by atoms with E-state index in [0.29, 0.717) is 23.9 Å². The maximum atomic E-state index is 11.7. The number of carbonyl (C=O) groups excluding carboxylic acids is 1. The molecule has 0 unspecified atom stereocenters. The van der Waals surface area contributed by atoms with Gasteiger partial charge in [0.25, 0.3) is 5.24 Å². The van der Waals surface area contributed by atoms with Crippen LogP contribution in [-0.2, 0) is 5.75 Å². The van der Waals surface area contributed by atoms with E-state index < -0.39 is 0 Å². The molecule has 0 aromatic heterocycles. The first-order valence-electron chi connectivity index (χ1n) is 5.47. The molecule has 5 heteroatoms. The Morgan fingerprint density at radius 2 is 2.06 bits per heavy atom. The van der Waals surface area contributed by atoms with Crippen LogP contribution >= 0.6 is 23.4 Å². The first-order valence-corrected chi connectivity index (χ1v) is 6.83. The van der Waals surface area contributed by atoms with Crippen molar-refractivity contribution in [1.82, 2.24) is 4.90 Å². The highest BCUT2D eigenvalue weighted by Gasteiger charge is 2.11. The second kappa shape index (κ2) is 6.77. The average molecular weight is 274 g/mol. The Kier molecular flexibility index (Phi) is 5.65. The SMILES string of the molecule is CCN(CC)C(=O)SCc1ccc(Cl)cc1O. The molecule has 1 aromatic rings. The molecule has 0 saturated carbocycles. The van der Waals surface area contributed by atoms with E-state index in [1.54, 1.807) is 17.0 Å². The van der Waals surface area contributed by atoms with Crippen LogP contribution in [-0.4, -0.2) is 28.3 Å². The van der Waals surface area contributed by atoms with Crippen molar-refractivity contribution in [3.63, 3.8) is 0 Å². The Morgan fingerprint density at radius 1 is 1.41 bits per heavy atom. The van der Waals surface area contributed by atoms with Gasteiger partial charge in [0.2, 0.25) is 0 Å². The van der Waals surface area contributed by atoms with Crippen molar-refractivity contribution in [2.24, 2.45) is 0 Å². The molecule has 1 amide bonds. The fourth-order valence-electron chi connectivity index (χ4n) is 1.37. The Hall–Kier alpha value is -0.870. The zero-order valence-corrected chi connectivity index (χ0v) is 11.5. The maximum absolute atomic E-state index is 11.7. The highest BCUT2D eigenvalue weighted by Crippen LogP contribution is 2.26.